The monoisotopic (exact) mass is 148 g/mol. The van der Waals surface area contributed by atoms with Gasteiger partial charge in [-0.05, 0) is 27.7 Å². The van der Waals surface area contributed by atoms with Crippen LogP contribution in [0.4, 0.5) is 0 Å². The van der Waals surface area contributed by atoms with Crippen molar-refractivity contribution in [3.63, 3.8) is 0 Å². The normalized spacial score (nSPS) is 12.0. The van der Waals surface area contributed by atoms with Crippen molar-refractivity contribution >= 4 is 0 Å². The van der Waals surface area contributed by atoms with Crippen LogP contribution in [0.5, 0.6) is 0 Å². The van der Waals surface area contributed by atoms with E-state index in [1.165, 1.54) is 0 Å². The summed E-state index contributed by atoms with van der Waals surface area (Å²) in [4.78, 5) is 9.90. The minimum atomic E-state index is 0.0451. The van der Waals surface area contributed by atoms with Crippen LogP contribution in [0.1, 0.15) is 27.7 Å². The molecule has 2 N–H and O–H groups in total. The van der Waals surface area contributed by atoms with Gasteiger partial charge in [0.25, 0.3) is 0 Å². The van der Waals surface area contributed by atoms with Crippen molar-refractivity contribution in [3.05, 3.63) is 0 Å². The van der Waals surface area contributed by atoms with Crippen LogP contribution in [0.15, 0.2) is 0 Å². The maximum Gasteiger partial charge on any atom is 0.0778 e. The first-order chi connectivity index (χ1) is 4.52. The van der Waals surface area contributed by atoms with E-state index >= 15 is 0 Å². The molecule has 0 aliphatic carbocycles. The molecule has 0 bridgehead atoms. The molecule has 0 radical (unpaired) electrons. The number of nitrogens with zero attached hydrogens (tertiary/aromatic N) is 1. The average molecular weight is 148 g/mol. The predicted molar refractivity (Wildman–Crippen MR) is 38.5 cm³/mol. The minimum absolute atomic E-state index is 0.0451. The molecule has 4 heteroatoms. The van der Waals surface area contributed by atoms with E-state index in [0.717, 1.165) is 5.34 Å². The fraction of sp³-hybridized carbons (Fsp3) is 1.00. The molecule has 0 heterocycles. The van der Waals surface area contributed by atoms with Crippen LogP contribution in [0.3, 0.4) is 0 Å². The van der Waals surface area contributed by atoms with Crippen molar-refractivity contribution in [1.29, 1.82) is 0 Å². The van der Waals surface area contributed by atoms with Gasteiger partial charge in [-0.1, -0.05) is 0 Å². The molecular formula is C6H16N2O2. The van der Waals surface area contributed by atoms with Gasteiger partial charge in [-0.15, -0.1) is 0 Å². The van der Waals surface area contributed by atoms with Gasteiger partial charge in [0, 0.05) is 5.34 Å². The van der Waals surface area contributed by atoms with E-state index in [-0.39, 0.29) is 12.2 Å². The van der Waals surface area contributed by atoms with E-state index in [9.17, 15) is 0 Å². The standard InChI is InChI=1S/C6H16N2O2/c1-5(2)9-8(7)10-6(3)4/h5-6H,7H2,1-4H3. The molecule has 10 heavy (non-hydrogen) atoms. The lowest BCUT2D eigenvalue weighted by atomic mass is 10.5. The van der Waals surface area contributed by atoms with Crippen LogP contribution in [-0.4, -0.2) is 17.5 Å². The minimum Gasteiger partial charge on any atom is -0.258 e. The maximum absolute atomic E-state index is 5.26. The zero-order chi connectivity index (χ0) is 8.15. The van der Waals surface area contributed by atoms with Crippen LogP contribution < -0.4 is 5.84 Å². The highest BCUT2D eigenvalue weighted by Crippen LogP contribution is 1.95. The number of hydrazine groups is 1. The van der Waals surface area contributed by atoms with Crippen LogP contribution in [0.25, 0.3) is 0 Å². The number of nitrogens with two attached hydrogens (primary N) is 1. The number of rotatable bonds is 4. The van der Waals surface area contributed by atoms with E-state index in [1.54, 1.807) is 0 Å². The smallest absolute Gasteiger partial charge is 0.0778 e. The molecule has 0 fully saturated rings. The molecular weight excluding hydrogens is 132 g/mol. The fourth-order valence-electron chi connectivity index (χ4n) is 0.440. The molecule has 0 unspecified atom stereocenters. The Morgan fingerprint density at radius 1 is 1.00 bits per heavy atom. The Morgan fingerprint density at radius 2 is 1.30 bits per heavy atom. The van der Waals surface area contributed by atoms with E-state index in [2.05, 4.69) is 0 Å². The summed E-state index contributed by atoms with van der Waals surface area (Å²) in [6, 6.07) is 0. The molecule has 62 valence electrons. The second-order valence-electron chi connectivity index (χ2n) is 2.59. The Hall–Kier alpha value is -0.160. The van der Waals surface area contributed by atoms with Crippen molar-refractivity contribution in [2.24, 2.45) is 5.84 Å². The molecule has 0 aliphatic rings. The van der Waals surface area contributed by atoms with Crippen LogP contribution in [-0.2, 0) is 9.68 Å². The Morgan fingerprint density at radius 3 is 1.50 bits per heavy atom. The largest absolute Gasteiger partial charge is 0.258 e. The number of hydrogen-bond donors (Lipinski definition) is 1. The molecule has 0 saturated carbocycles. The van der Waals surface area contributed by atoms with E-state index in [4.69, 9.17) is 15.5 Å². The van der Waals surface area contributed by atoms with Crippen molar-refractivity contribution in [2.75, 3.05) is 0 Å². The summed E-state index contributed by atoms with van der Waals surface area (Å²) in [7, 11) is 0. The highest BCUT2D eigenvalue weighted by atomic mass is 17.0. The van der Waals surface area contributed by atoms with Crippen molar-refractivity contribution in [3.8, 4) is 0 Å². The van der Waals surface area contributed by atoms with E-state index < -0.39 is 0 Å². The van der Waals surface area contributed by atoms with Crippen LogP contribution >= 0.6 is 0 Å². The fourth-order valence-corrected chi connectivity index (χ4v) is 0.440. The highest BCUT2D eigenvalue weighted by Gasteiger charge is 2.03. The zero-order valence-corrected chi connectivity index (χ0v) is 7.00. The molecule has 0 amide bonds. The molecule has 0 aliphatic heterocycles. The second kappa shape index (κ2) is 4.62. The molecule has 0 saturated heterocycles. The van der Waals surface area contributed by atoms with Crippen molar-refractivity contribution < 1.29 is 9.68 Å². The van der Waals surface area contributed by atoms with Crippen molar-refractivity contribution in [1.82, 2.24) is 5.34 Å². The first-order valence-electron chi connectivity index (χ1n) is 3.40. The molecule has 0 atom stereocenters. The first-order valence-corrected chi connectivity index (χ1v) is 3.40. The van der Waals surface area contributed by atoms with Gasteiger partial charge >= 0.3 is 0 Å². The first kappa shape index (κ1) is 9.84. The second-order valence-corrected chi connectivity index (χ2v) is 2.59. The SMILES string of the molecule is CC(C)ON(N)OC(C)C. The summed E-state index contributed by atoms with van der Waals surface area (Å²) in [5, 5.41) is 0.898. The van der Waals surface area contributed by atoms with Gasteiger partial charge < -0.3 is 0 Å². The zero-order valence-electron chi connectivity index (χ0n) is 7.00. The summed E-state index contributed by atoms with van der Waals surface area (Å²) >= 11 is 0. The lowest BCUT2D eigenvalue weighted by molar-refractivity contribution is -0.398. The molecule has 0 aromatic heterocycles. The van der Waals surface area contributed by atoms with Gasteiger partial charge in [0.1, 0.15) is 0 Å². The summed E-state index contributed by atoms with van der Waals surface area (Å²) in [5.74, 6) is 5.26. The average Bonchev–Trinajstić information content (AvgIpc) is 1.58. The van der Waals surface area contributed by atoms with Gasteiger partial charge in [0.2, 0.25) is 0 Å². The van der Waals surface area contributed by atoms with E-state index in [1.807, 2.05) is 27.7 Å². The van der Waals surface area contributed by atoms with Gasteiger partial charge in [-0.3, -0.25) is 9.68 Å². The Labute approximate surface area is 61.8 Å². The molecule has 0 aromatic carbocycles. The van der Waals surface area contributed by atoms with Gasteiger partial charge in [0.05, 0.1) is 12.2 Å². The number of hydrogen-bond acceptors (Lipinski definition) is 4. The van der Waals surface area contributed by atoms with Gasteiger partial charge in [-0.25, -0.2) is 5.84 Å². The third-order valence-corrected chi connectivity index (χ3v) is 0.629. The predicted octanol–water partition coefficient (Wildman–Crippen LogP) is 0.842. The lowest BCUT2D eigenvalue weighted by Crippen LogP contribution is -2.36. The maximum atomic E-state index is 5.26. The highest BCUT2D eigenvalue weighted by molar-refractivity contribution is 4.31. The Balaban J connectivity index is 3.34. The summed E-state index contributed by atoms with van der Waals surface area (Å²) in [5.41, 5.74) is 0. The molecule has 0 spiro atoms. The third-order valence-electron chi connectivity index (χ3n) is 0.629. The molecule has 0 rings (SSSR count). The summed E-state index contributed by atoms with van der Waals surface area (Å²) in [6.45, 7) is 7.51. The quantitative estimate of drug-likeness (QED) is 0.474. The summed E-state index contributed by atoms with van der Waals surface area (Å²) < 4.78 is 0. The van der Waals surface area contributed by atoms with Crippen LogP contribution in [0, 0.1) is 0 Å². The lowest BCUT2D eigenvalue weighted by Gasteiger charge is -2.19. The summed E-state index contributed by atoms with van der Waals surface area (Å²) in [6.07, 6.45) is 0.0903. The Bertz CT molecular complexity index is 75.8. The Kier molecular flexibility index (Phi) is 4.55. The third kappa shape index (κ3) is 5.97. The molecule has 0 aromatic rings. The topological polar surface area (TPSA) is 47.7 Å². The van der Waals surface area contributed by atoms with Gasteiger partial charge in [0.15, 0.2) is 0 Å². The van der Waals surface area contributed by atoms with E-state index in [0.29, 0.717) is 0 Å². The molecule has 4 nitrogen and oxygen atoms in total. The van der Waals surface area contributed by atoms with Crippen molar-refractivity contribution in [2.45, 2.75) is 39.9 Å². The van der Waals surface area contributed by atoms with Crippen LogP contribution in [0.2, 0.25) is 0 Å². The van der Waals surface area contributed by atoms with Gasteiger partial charge in [-0.2, -0.15) is 0 Å².